The van der Waals surface area contributed by atoms with E-state index in [1.807, 2.05) is 19.1 Å². The lowest BCUT2D eigenvalue weighted by Crippen LogP contribution is -2.39. The summed E-state index contributed by atoms with van der Waals surface area (Å²) in [5.41, 5.74) is 4.95. The van der Waals surface area contributed by atoms with Gasteiger partial charge in [-0.2, -0.15) is 5.10 Å². The number of sulfonamides is 1. The molecule has 2 amide bonds. The van der Waals surface area contributed by atoms with Gasteiger partial charge < -0.3 is 10.1 Å². The number of carbonyl (C=O) groups is 2. The number of halogens is 1. The lowest BCUT2D eigenvalue weighted by molar-refractivity contribution is -0.119. The van der Waals surface area contributed by atoms with E-state index in [-0.39, 0.29) is 12.5 Å². The van der Waals surface area contributed by atoms with Crippen LogP contribution < -0.4 is 19.8 Å². The van der Waals surface area contributed by atoms with Crippen LogP contribution in [0.1, 0.15) is 18.1 Å². The molecule has 0 fully saturated rings. The van der Waals surface area contributed by atoms with Gasteiger partial charge in [-0.25, -0.2) is 13.8 Å². The second-order valence-corrected chi connectivity index (χ2v) is 10.3. The maximum absolute atomic E-state index is 12.3. The topological polar surface area (TPSA) is 117 Å². The summed E-state index contributed by atoms with van der Waals surface area (Å²) in [7, 11) is -3.67. The predicted octanol–water partition coefficient (Wildman–Crippen LogP) is 3.84. The van der Waals surface area contributed by atoms with Crippen LogP contribution in [-0.4, -0.2) is 45.9 Å². The molecule has 11 heteroatoms. The maximum atomic E-state index is 12.3. The molecule has 3 aromatic carbocycles. The van der Waals surface area contributed by atoms with E-state index in [9.17, 15) is 18.0 Å². The van der Waals surface area contributed by atoms with Crippen LogP contribution in [0.5, 0.6) is 5.75 Å². The Morgan fingerprint density at radius 3 is 2.30 bits per heavy atom. The molecule has 0 heterocycles. The van der Waals surface area contributed by atoms with Crippen molar-refractivity contribution in [2.24, 2.45) is 5.10 Å². The summed E-state index contributed by atoms with van der Waals surface area (Å²) in [4.78, 5) is 24.4. The Morgan fingerprint density at radius 1 is 1.00 bits per heavy atom. The SMILES string of the molecule is CCc1ccc(N(CC(=O)N/N=C\c2ccc(OCC(=O)Nc3ccccc3Cl)cc2)S(C)(=O)=O)cc1. The number of amides is 2. The number of rotatable bonds is 11. The van der Waals surface area contributed by atoms with Crippen LogP contribution in [0.4, 0.5) is 11.4 Å². The molecule has 0 atom stereocenters. The van der Waals surface area contributed by atoms with E-state index in [0.29, 0.717) is 27.7 Å². The first-order valence-corrected chi connectivity index (χ1v) is 13.5. The van der Waals surface area contributed by atoms with Crippen LogP contribution >= 0.6 is 11.6 Å². The van der Waals surface area contributed by atoms with Gasteiger partial charge in [0.05, 0.1) is 28.9 Å². The average Bonchev–Trinajstić information content (AvgIpc) is 2.87. The molecule has 0 unspecified atom stereocenters. The summed E-state index contributed by atoms with van der Waals surface area (Å²) in [5.74, 6) is -0.481. The Morgan fingerprint density at radius 2 is 1.68 bits per heavy atom. The monoisotopic (exact) mass is 542 g/mol. The molecular formula is C26H27ClN4O5S. The fourth-order valence-corrected chi connectivity index (χ4v) is 4.23. The molecule has 3 rings (SSSR count). The highest BCUT2D eigenvalue weighted by molar-refractivity contribution is 7.92. The van der Waals surface area contributed by atoms with Crippen molar-refractivity contribution in [3.05, 3.63) is 88.9 Å². The third-order valence-corrected chi connectivity index (χ3v) is 6.59. The third-order valence-electron chi connectivity index (χ3n) is 5.12. The Bertz CT molecular complexity index is 1360. The molecular weight excluding hydrogens is 516 g/mol. The van der Waals surface area contributed by atoms with Crippen LogP contribution in [-0.2, 0) is 26.0 Å². The van der Waals surface area contributed by atoms with Crippen molar-refractivity contribution in [2.75, 3.05) is 29.0 Å². The van der Waals surface area contributed by atoms with Gasteiger partial charge >= 0.3 is 0 Å². The largest absolute Gasteiger partial charge is 0.484 e. The van der Waals surface area contributed by atoms with Gasteiger partial charge in [-0.05, 0) is 66.1 Å². The zero-order valence-electron chi connectivity index (χ0n) is 20.3. The minimum Gasteiger partial charge on any atom is -0.484 e. The zero-order valence-corrected chi connectivity index (χ0v) is 21.9. The minimum atomic E-state index is -3.67. The molecule has 0 bridgehead atoms. The summed E-state index contributed by atoms with van der Waals surface area (Å²) in [5, 5.41) is 6.99. The molecule has 0 radical (unpaired) electrons. The molecule has 0 saturated heterocycles. The van der Waals surface area contributed by atoms with E-state index in [2.05, 4.69) is 15.8 Å². The second-order valence-electron chi connectivity index (χ2n) is 7.97. The van der Waals surface area contributed by atoms with Crippen molar-refractivity contribution in [3.8, 4) is 5.75 Å². The van der Waals surface area contributed by atoms with Crippen molar-refractivity contribution >= 4 is 51.0 Å². The Balaban J connectivity index is 1.50. The summed E-state index contributed by atoms with van der Waals surface area (Å²) in [6.45, 7) is 1.38. The quantitative estimate of drug-likeness (QED) is 0.282. The first-order valence-electron chi connectivity index (χ1n) is 11.3. The highest BCUT2D eigenvalue weighted by Crippen LogP contribution is 2.21. The van der Waals surface area contributed by atoms with Gasteiger partial charge in [0.25, 0.3) is 11.8 Å². The van der Waals surface area contributed by atoms with Gasteiger partial charge in [0.1, 0.15) is 12.3 Å². The molecule has 0 spiro atoms. The van der Waals surface area contributed by atoms with Crippen LogP contribution in [0.2, 0.25) is 5.02 Å². The molecule has 2 N–H and O–H groups in total. The summed E-state index contributed by atoms with van der Waals surface area (Å²) < 4.78 is 30.9. The summed E-state index contributed by atoms with van der Waals surface area (Å²) >= 11 is 6.02. The molecule has 0 aliphatic heterocycles. The minimum absolute atomic E-state index is 0.202. The zero-order chi connectivity index (χ0) is 26.8. The second kappa shape index (κ2) is 12.9. The van der Waals surface area contributed by atoms with Gasteiger partial charge in [-0.3, -0.25) is 13.9 Å². The molecule has 37 heavy (non-hydrogen) atoms. The van der Waals surface area contributed by atoms with E-state index in [1.54, 1.807) is 60.7 Å². The Kier molecular flexibility index (Phi) is 9.64. The van der Waals surface area contributed by atoms with Gasteiger partial charge in [-0.15, -0.1) is 0 Å². The number of carbonyl (C=O) groups excluding carboxylic acids is 2. The number of hydrogen-bond acceptors (Lipinski definition) is 6. The van der Waals surface area contributed by atoms with Crippen LogP contribution in [0.25, 0.3) is 0 Å². The number of aryl methyl sites for hydroxylation is 1. The standard InChI is InChI=1S/C26H27ClN4O5S/c1-3-19-8-12-21(13-9-19)31(37(2,34)35)17-25(32)30-28-16-20-10-14-22(15-11-20)36-18-26(33)29-24-7-5-4-6-23(24)27/h4-16H,3,17-18H2,1-2H3,(H,29,33)(H,30,32)/b28-16-. The van der Waals surface area contributed by atoms with Crippen LogP contribution in [0.15, 0.2) is 77.9 Å². The molecule has 0 aromatic heterocycles. The van der Waals surface area contributed by atoms with Crippen molar-refractivity contribution in [1.29, 1.82) is 0 Å². The highest BCUT2D eigenvalue weighted by Gasteiger charge is 2.20. The number of para-hydroxylation sites is 1. The first-order chi connectivity index (χ1) is 17.7. The highest BCUT2D eigenvalue weighted by atomic mass is 35.5. The first kappa shape index (κ1) is 27.7. The van der Waals surface area contributed by atoms with E-state index >= 15 is 0 Å². The maximum Gasteiger partial charge on any atom is 0.262 e. The van der Waals surface area contributed by atoms with Gasteiger partial charge in [0, 0.05) is 0 Å². The van der Waals surface area contributed by atoms with E-state index in [0.717, 1.165) is 22.5 Å². The van der Waals surface area contributed by atoms with E-state index in [4.69, 9.17) is 16.3 Å². The van der Waals surface area contributed by atoms with Crippen molar-refractivity contribution in [3.63, 3.8) is 0 Å². The molecule has 0 aliphatic rings. The molecule has 194 valence electrons. The van der Waals surface area contributed by atoms with Crippen LogP contribution in [0, 0.1) is 0 Å². The van der Waals surface area contributed by atoms with E-state index < -0.39 is 22.5 Å². The summed E-state index contributed by atoms with van der Waals surface area (Å²) in [6, 6.07) is 20.5. The number of ether oxygens (including phenoxy) is 1. The number of benzene rings is 3. The lowest BCUT2D eigenvalue weighted by Gasteiger charge is -2.21. The predicted molar refractivity (Wildman–Crippen MR) is 146 cm³/mol. The van der Waals surface area contributed by atoms with E-state index in [1.165, 1.54) is 6.21 Å². The van der Waals surface area contributed by atoms with Gasteiger partial charge in [0.2, 0.25) is 10.0 Å². The fraction of sp³-hybridized carbons (Fsp3) is 0.192. The number of nitrogens with zero attached hydrogens (tertiary/aromatic N) is 2. The normalized spacial score (nSPS) is 11.2. The van der Waals surface area contributed by atoms with Crippen molar-refractivity contribution in [1.82, 2.24) is 5.43 Å². The fourth-order valence-electron chi connectivity index (χ4n) is 3.19. The molecule has 0 saturated carbocycles. The third kappa shape index (κ3) is 8.62. The van der Waals surface area contributed by atoms with Gasteiger partial charge in [0.15, 0.2) is 6.61 Å². The Hall–Kier alpha value is -3.89. The molecule has 0 aliphatic carbocycles. The summed E-state index contributed by atoms with van der Waals surface area (Å²) in [6.07, 6.45) is 3.27. The Labute approximate surface area is 221 Å². The van der Waals surface area contributed by atoms with Crippen molar-refractivity contribution in [2.45, 2.75) is 13.3 Å². The number of anilines is 2. The smallest absolute Gasteiger partial charge is 0.262 e. The average molecular weight is 543 g/mol. The van der Waals surface area contributed by atoms with Gasteiger partial charge in [-0.1, -0.05) is 42.8 Å². The van der Waals surface area contributed by atoms with Crippen molar-refractivity contribution < 1.29 is 22.7 Å². The number of hydrazone groups is 1. The number of hydrogen-bond donors (Lipinski definition) is 2. The number of nitrogens with one attached hydrogen (secondary N) is 2. The van der Waals surface area contributed by atoms with Crippen LogP contribution in [0.3, 0.4) is 0 Å². The molecule has 3 aromatic rings. The lowest BCUT2D eigenvalue weighted by atomic mass is 10.1. The molecule has 9 nitrogen and oxygen atoms in total.